The quantitative estimate of drug-likeness (QED) is 0.883. The Morgan fingerprint density at radius 3 is 3.06 bits per heavy atom. The van der Waals surface area contributed by atoms with Crippen molar-refractivity contribution in [2.75, 3.05) is 13.1 Å². The molecule has 2 rings (SSSR count). The highest BCUT2D eigenvalue weighted by molar-refractivity contribution is 6.30. The van der Waals surface area contributed by atoms with E-state index in [1.54, 1.807) is 0 Å². The van der Waals surface area contributed by atoms with Crippen LogP contribution in [0.15, 0.2) is 24.3 Å². The molecule has 3 nitrogen and oxygen atoms in total. The van der Waals surface area contributed by atoms with Crippen LogP contribution in [0.1, 0.15) is 31.4 Å². The van der Waals surface area contributed by atoms with E-state index in [1.807, 2.05) is 31.2 Å². The average molecular weight is 267 g/mol. The van der Waals surface area contributed by atoms with Crippen LogP contribution >= 0.6 is 11.6 Å². The van der Waals surface area contributed by atoms with E-state index in [4.69, 9.17) is 11.6 Å². The zero-order valence-electron chi connectivity index (χ0n) is 10.6. The Balaban J connectivity index is 1.94. The number of nitrogens with one attached hydrogen (secondary N) is 2. The summed E-state index contributed by atoms with van der Waals surface area (Å²) in [6.07, 6.45) is 2.05. The highest BCUT2D eigenvalue weighted by Gasteiger charge is 2.22. The van der Waals surface area contributed by atoms with Crippen LogP contribution in [-0.4, -0.2) is 19.0 Å². The van der Waals surface area contributed by atoms with Crippen LogP contribution in [0.5, 0.6) is 0 Å². The van der Waals surface area contributed by atoms with E-state index in [2.05, 4.69) is 10.6 Å². The molecule has 0 aromatic heterocycles. The monoisotopic (exact) mass is 266 g/mol. The van der Waals surface area contributed by atoms with E-state index < -0.39 is 0 Å². The van der Waals surface area contributed by atoms with Gasteiger partial charge in [0.25, 0.3) is 0 Å². The number of halogens is 1. The second-order valence-electron chi connectivity index (χ2n) is 4.83. The van der Waals surface area contributed by atoms with E-state index in [-0.39, 0.29) is 17.9 Å². The number of hydrogen-bond acceptors (Lipinski definition) is 2. The van der Waals surface area contributed by atoms with Gasteiger partial charge in [0.1, 0.15) is 0 Å². The minimum absolute atomic E-state index is 0.00173. The first-order valence-electron chi connectivity index (χ1n) is 6.43. The largest absolute Gasteiger partial charge is 0.349 e. The van der Waals surface area contributed by atoms with Crippen molar-refractivity contribution in [3.05, 3.63) is 34.9 Å². The average Bonchev–Trinajstić information content (AvgIpc) is 2.39. The van der Waals surface area contributed by atoms with Crippen LogP contribution in [0.4, 0.5) is 0 Å². The van der Waals surface area contributed by atoms with Crippen LogP contribution in [-0.2, 0) is 4.79 Å². The SMILES string of the molecule is C[C@H](NC(=O)[C@H]1CCCNC1)c1cccc(Cl)c1. The molecule has 1 aliphatic rings. The summed E-state index contributed by atoms with van der Waals surface area (Å²) >= 11 is 5.95. The highest BCUT2D eigenvalue weighted by Crippen LogP contribution is 2.18. The Labute approximate surface area is 113 Å². The zero-order chi connectivity index (χ0) is 13.0. The van der Waals surface area contributed by atoms with E-state index >= 15 is 0 Å². The number of rotatable bonds is 3. The molecule has 1 fully saturated rings. The molecule has 18 heavy (non-hydrogen) atoms. The van der Waals surface area contributed by atoms with Crippen LogP contribution in [0.2, 0.25) is 5.02 Å². The lowest BCUT2D eigenvalue weighted by atomic mass is 9.98. The van der Waals surface area contributed by atoms with Crippen molar-refractivity contribution in [3.63, 3.8) is 0 Å². The highest BCUT2D eigenvalue weighted by atomic mass is 35.5. The van der Waals surface area contributed by atoms with Crippen molar-refractivity contribution in [1.29, 1.82) is 0 Å². The van der Waals surface area contributed by atoms with Gasteiger partial charge < -0.3 is 10.6 Å². The van der Waals surface area contributed by atoms with Crippen LogP contribution in [0.3, 0.4) is 0 Å². The van der Waals surface area contributed by atoms with Crippen LogP contribution in [0.25, 0.3) is 0 Å². The van der Waals surface area contributed by atoms with Gasteiger partial charge in [-0.25, -0.2) is 0 Å². The van der Waals surface area contributed by atoms with Gasteiger partial charge in [0.15, 0.2) is 0 Å². The van der Waals surface area contributed by atoms with Crippen molar-refractivity contribution in [1.82, 2.24) is 10.6 Å². The number of carbonyl (C=O) groups is 1. The van der Waals surface area contributed by atoms with Crippen LogP contribution < -0.4 is 10.6 Å². The number of carbonyl (C=O) groups excluding carboxylic acids is 1. The molecule has 0 spiro atoms. The maximum atomic E-state index is 12.1. The van der Waals surface area contributed by atoms with Gasteiger partial charge in [-0.3, -0.25) is 4.79 Å². The lowest BCUT2D eigenvalue weighted by Gasteiger charge is -2.24. The molecule has 1 aliphatic heterocycles. The van der Waals surface area contributed by atoms with Crippen molar-refractivity contribution >= 4 is 17.5 Å². The van der Waals surface area contributed by atoms with Crippen molar-refractivity contribution in [2.24, 2.45) is 5.92 Å². The third-order valence-electron chi connectivity index (χ3n) is 3.38. The Morgan fingerprint density at radius 1 is 1.56 bits per heavy atom. The summed E-state index contributed by atoms with van der Waals surface area (Å²) in [5, 5.41) is 7.01. The normalized spacial score (nSPS) is 21.3. The van der Waals surface area contributed by atoms with E-state index in [0.29, 0.717) is 5.02 Å². The second kappa shape index (κ2) is 6.21. The van der Waals surface area contributed by atoms with Gasteiger partial charge in [-0.15, -0.1) is 0 Å². The van der Waals surface area contributed by atoms with E-state index in [0.717, 1.165) is 31.5 Å². The Morgan fingerprint density at radius 2 is 2.39 bits per heavy atom. The topological polar surface area (TPSA) is 41.1 Å². The van der Waals surface area contributed by atoms with Gasteiger partial charge in [0, 0.05) is 11.6 Å². The second-order valence-corrected chi connectivity index (χ2v) is 5.26. The zero-order valence-corrected chi connectivity index (χ0v) is 11.3. The van der Waals surface area contributed by atoms with Gasteiger partial charge in [-0.05, 0) is 44.0 Å². The maximum absolute atomic E-state index is 12.1. The number of benzene rings is 1. The number of piperidine rings is 1. The van der Waals surface area contributed by atoms with Crippen LogP contribution in [0, 0.1) is 5.92 Å². The van der Waals surface area contributed by atoms with E-state index in [1.165, 1.54) is 0 Å². The van der Waals surface area contributed by atoms with E-state index in [9.17, 15) is 4.79 Å². The molecule has 1 heterocycles. The minimum atomic E-state index is -0.00173. The summed E-state index contributed by atoms with van der Waals surface area (Å²) in [4.78, 5) is 12.1. The predicted octanol–water partition coefficient (Wildman–Crippen LogP) is 2.52. The molecule has 4 heteroatoms. The first kappa shape index (κ1) is 13.4. The lowest BCUT2D eigenvalue weighted by molar-refractivity contribution is -0.126. The van der Waals surface area contributed by atoms with Crippen molar-refractivity contribution < 1.29 is 4.79 Å². The summed E-state index contributed by atoms with van der Waals surface area (Å²) in [6.45, 7) is 3.79. The number of amides is 1. The summed E-state index contributed by atoms with van der Waals surface area (Å²) < 4.78 is 0. The molecule has 1 amide bonds. The molecular formula is C14H19ClN2O. The minimum Gasteiger partial charge on any atom is -0.349 e. The molecule has 2 atom stereocenters. The standard InChI is InChI=1S/C14H19ClN2O/c1-10(11-4-2-6-13(15)8-11)17-14(18)12-5-3-7-16-9-12/h2,4,6,8,10,12,16H,3,5,7,9H2,1H3,(H,17,18)/t10-,12-/m0/s1. The van der Waals surface area contributed by atoms with Gasteiger partial charge in [0.05, 0.1) is 12.0 Å². The third-order valence-corrected chi connectivity index (χ3v) is 3.61. The first-order valence-corrected chi connectivity index (χ1v) is 6.81. The third kappa shape index (κ3) is 3.47. The first-order chi connectivity index (χ1) is 8.66. The molecule has 0 radical (unpaired) electrons. The molecular weight excluding hydrogens is 248 g/mol. The molecule has 1 aromatic carbocycles. The molecule has 1 saturated heterocycles. The molecule has 0 aliphatic carbocycles. The van der Waals surface area contributed by atoms with Gasteiger partial charge >= 0.3 is 0 Å². The van der Waals surface area contributed by atoms with Gasteiger partial charge in [-0.1, -0.05) is 23.7 Å². The Hall–Kier alpha value is -1.06. The van der Waals surface area contributed by atoms with Crippen molar-refractivity contribution in [3.8, 4) is 0 Å². The maximum Gasteiger partial charge on any atom is 0.224 e. The number of hydrogen-bond donors (Lipinski definition) is 2. The molecule has 0 saturated carbocycles. The molecule has 0 bridgehead atoms. The summed E-state index contributed by atoms with van der Waals surface area (Å²) in [6, 6.07) is 7.62. The molecule has 1 aromatic rings. The van der Waals surface area contributed by atoms with Crippen molar-refractivity contribution in [2.45, 2.75) is 25.8 Å². The fraction of sp³-hybridized carbons (Fsp3) is 0.500. The smallest absolute Gasteiger partial charge is 0.224 e. The molecule has 0 unspecified atom stereocenters. The Kier molecular flexibility index (Phi) is 4.61. The summed E-state index contributed by atoms with van der Waals surface area (Å²) in [5.41, 5.74) is 1.04. The van der Waals surface area contributed by atoms with Gasteiger partial charge in [0.2, 0.25) is 5.91 Å². The fourth-order valence-electron chi connectivity index (χ4n) is 2.27. The molecule has 98 valence electrons. The fourth-order valence-corrected chi connectivity index (χ4v) is 2.46. The summed E-state index contributed by atoms with van der Waals surface area (Å²) in [7, 11) is 0. The Bertz CT molecular complexity index is 416. The lowest BCUT2D eigenvalue weighted by Crippen LogP contribution is -2.41. The molecule has 2 N–H and O–H groups in total. The van der Waals surface area contributed by atoms with Gasteiger partial charge in [-0.2, -0.15) is 0 Å². The predicted molar refractivity (Wildman–Crippen MR) is 73.6 cm³/mol. The summed E-state index contributed by atoms with van der Waals surface area (Å²) in [5.74, 6) is 0.232.